The molecule has 1 aliphatic rings. The maximum Gasteiger partial charge on any atom is 0.350 e. The second kappa shape index (κ2) is 9.72. The zero-order chi connectivity index (χ0) is 24.4. The van der Waals surface area contributed by atoms with Crippen LogP contribution < -0.4 is 15.7 Å². The van der Waals surface area contributed by atoms with E-state index in [0.29, 0.717) is 30.9 Å². The molecule has 0 aliphatic carbocycles. The number of nitrogens with one attached hydrogen (secondary N) is 1. The molecular formula is C23H28FN7O3. The highest BCUT2D eigenvalue weighted by atomic mass is 19.1. The van der Waals surface area contributed by atoms with Crippen molar-refractivity contribution in [2.75, 3.05) is 26.0 Å². The number of amides is 1. The number of anilines is 1. The van der Waals surface area contributed by atoms with Gasteiger partial charge in [0, 0.05) is 25.6 Å². The SMILES string of the molecule is Cc1ccnnc1NC(=O)c1cc(F)c(-n2nc3n(c2=O)CCCC3)cc1O[C@@H](C)CN(C)C. The first-order valence-corrected chi connectivity index (χ1v) is 11.2. The summed E-state index contributed by atoms with van der Waals surface area (Å²) in [5, 5.41) is 14.7. The number of hydrogen-bond acceptors (Lipinski definition) is 7. The van der Waals surface area contributed by atoms with Gasteiger partial charge in [0.2, 0.25) is 0 Å². The molecule has 0 unspecified atom stereocenters. The van der Waals surface area contributed by atoms with E-state index < -0.39 is 17.4 Å². The highest BCUT2D eigenvalue weighted by Gasteiger charge is 2.24. The van der Waals surface area contributed by atoms with Gasteiger partial charge >= 0.3 is 5.69 Å². The van der Waals surface area contributed by atoms with Crippen LogP contribution in [0.2, 0.25) is 0 Å². The Hall–Kier alpha value is -3.60. The van der Waals surface area contributed by atoms with Gasteiger partial charge in [-0.3, -0.25) is 9.36 Å². The fourth-order valence-corrected chi connectivity index (χ4v) is 4.00. The van der Waals surface area contributed by atoms with Crippen LogP contribution in [-0.4, -0.2) is 62.1 Å². The lowest BCUT2D eigenvalue weighted by Gasteiger charge is -2.21. The molecule has 0 fully saturated rings. The van der Waals surface area contributed by atoms with Crippen molar-refractivity contribution in [1.82, 2.24) is 29.4 Å². The Morgan fingerprint density at radius 3 is 2.82 bits per heavy atom. The first-order chi connectivity index (χ1) is 16.2. The van der Waals surface area contributed by atoms with Crippen molar-refractivity contribution in [2.24, 2.45) is 0 Å². The molecule has 4 rings (SSSR count). The topological polar surface area (TPSA) is 107 Å². The van der Waals surface area contributed by atoms with Gasteiger partial charge in [-0.25, -0.2) is 9.18 Å². The van der Waals surface area contributed by atoms with E-state index in [0.717, 1.165) is 23.6 Å². The number of likely N-dealkylation sites (N-methyl/N-ethyl adjacent to an activating group) is 1. The molecule has 180 valence electrons. The number of ether oxygens (including phenoxy) is 1. The molecule has 0 saturated carbocycles. The summed E-state index contributed by atoms with van der Waals surface area (Å²) >= 11 is 0. The van der Waals surface area contributed by atoms with Crippen LogP contribution in [0.25, 0.3) is 5.69 Å². The van der Waals surface area contributed by atoms with Crippen molar-refractivity contribution < 1.29 is 13.9 Å². The van der Waals surface area contributed by atoms with E-state index in [9.17, 15) is 9.59 Å². The van der Waals surface area contributed by atoms with Crippen molar-refractivity contribution in [3.05, 3.63) is 57.6 Å². The van der Waals surface area contributed by atoms with Crippen LogP contribution in [0.15, 0.2) is 29.2 Å². The van der Waals surface area contributed by atoms with Gasteiger partial charge in [-0.1, -0.05) is 0 Å². The summed E-state index contributed by atoms with van der Waals surface area (Å²) < 4.78 is 24.0. The molecule has 10 nitrogen and oxygen atoms in total. The fourth-order valence-electron chi connectivity index (χ4n) is 4.00. The number of rotatable bonds is 7. The number of aromatic nitrogens is 5. The number of fused-ring (bicyclic) bond motifs is 1. The maximum atomic E-state index is 15.3. The Bertz CT molecular complexity index is 1270. The first kappa shape index (κ1) is 23.6. The van der Waals surface area contributed by atoms with Crippen LogP contribution in [0.1, 0.15) is 41.5 Å². The second-order valence-corrected chi connectivity index (χ2v) is 8.73. The number of nitrogens with zero attached hydrogens (tertiary/aromatic N) is 6. The standard InChI is InChI=1S/C23H28FN7O3/c1-14-8-9-25-27-21(14)26-22(32)16-11-17(24)18(12-19(16)34-15(2)13-29(3)4)31-23(33)30-10-6-5-7-20(30)28-31/h8-9,11-12,15H,5-7,10,13H2,1-4H3,(H,26,27,32)/t15-/m0/s1. The van der Waals surface area contributed by atoms with E-state index in [1.165, 1.54) is 12.3 Å². The number of halogens is 1. The largest absolute Gasteiger partial charge is 0.488 e. The summed E-state index contributed by atoms with van der Waals surface area (Å²) in [4.78, 5) is 27.9. The van der Waals surface area contributed by atoms with E-state index in [1.807, 2.05) is 25.9 Å². The van der Waals surface area contributed by atoms with Crippen molar-refractivity contribution >= 4 is 11.7 Å². The van der Waals surface area contributed by atoms with Crippen molar-refractivity contribution in [1.29, 1.82) is 0 Å². The average Bonchev–Trinajstić information content (AvgIpc) is 3.12. The third-order valence-electron chi connectivity index (χ3n) is 5.60. The molecule has 1 aliphatic heterocycles. The Morgan fingerprint density at radius 2 is 2.12 bits per heavy atom. The molecule has 2 aromatic heterocycles. The number of carbonyl (C=O) groups is 1. The molecule has 1 N–H and O–H groups in total. The molecule has 1 aromatic carbocycles. The summed E-state index contributed by atoms with van der Waals surface area (Å²) in [6, 6.07) is 4.13. The smallest absolute Gasteiger partial charge is 0.350 e. The minimum atomic E-state index is -0.758. The van der Waals surface area contributed by atoms with Gasteiger partial charge in [0.1, 0.15) is 29.2 Å². The number of aryl methyl sites for hydroxylation is 2. The van der Waals surface area contributed by atoms with Crippen molar-refractivity contribution in [3.8, 4) is 11.4 Å². The van der Waals surface area contributed by atoms with E-state index in [-0.39, 0.29) is 28.9 Å². The van der Waals surface area contributed by atoms with Crippen LogP contribution in [0, 0.1) is 12.7 Å². The second-order valence-electron chi connectivity index (χ2n) is 8.73. The number of benzene rings is 1. The fraction of sp³-hybridized carbons (Fsp3) is 0.435. The lowest BCUT2D eigenvalue weighted by atomic mass is 10.1. The number of carbonyl (C=O) groups excluding carboxylic acids is 1. The van der Waals surface area contributed by atoms with E-state index in [2.05, 4.69) is 20.6 Å². The summed E-state index contributed by atoms with van der Waals surface area (Å²) in [6.45, 7) is 4.74. The minimum absolute atomic E-state index is 0.0195. The Kier molecular flexibility index (Phi) is 6.73. The molecular weight excluding hydrogens is 441 g/mol. The molecule has 0 saturated heterocycles. The predicted molar refractivity (Wildman–Crippen MR) is 124 cm³/mol. The molecule has 11 heteroatoms. The molecule has 1 amide bonds. The summed E-state index contributed by atoms with van der Waals surface area (Å²) in [5.74, 6) is -0.326. The first-order valence-electron chi connectivity index (χ1n) is 11.2. The normalized spacial score (nSPS) is 14.1. The van der Waals surface area contributed by atoms with Gasteiger partial charge in [-0.2, -0.15) is 9.78 Å². The van der Waals surface area contributed by atoms with Crippen molar-refractivity contribution in [2.45, 2.75) is 45.8 Å². The van der Waals surface area contributed by atoms with E-state index in [1.54, 1.807) is 17.6 Å². The Balaban J connectivity index is 1.76. The van der Waals surface area contributed by atoms with Gasteiger partial charge in [-0.05, 0) is 58.5 Å². The number of hydrogen-bond donors (Lipinski definition) is 1. The third kappa shape index (κ3) is 4.84. The predicted octanol–water partition coefficient (Wildman–Crippen LogP) is 2.19. The van der Waals surface area contributed by atoms with Gasteiger partial charge in [0.05, 0.1) is 11.8 Å². The van der Waals surface area contributed by atoms with Gasteiger partial charge in [-0.15, -0.1) is 10.2 Å². The third-order valence-corrected chi connectivity index (χ3v) is 5.60. The van der Waals surface area contributed by atoms with E-state index in [4.69, 9.17) is 4.74 Å². The zero-order valence-corrected chi connectivity index (χ0v) is 19.7. The molecule has 0 spiro atoms. The summed E-state index contributed by atoms with van der Waals surface area (Å²) in [6.07, 6.45) is 3.66. The maximum absolute atomic E-state index is 15.3. The molecule has 0 radical (unpaired) electrons. The van der Waals surface area contributed by atoms with Crippen LogP contribution in [0.3, 0.4) is 0 Å². The lowest BCUT2D eigenvalue weighted by molar-refractivity contribution is 0.101. The quantitative estimate of drug-likeness (QED) is 0.565. The average molecular weight is 470 g/mol. The van der Waals surface area contributed by atoms with Gasteiger partial charge in [0.15, 0.2) is 5.82 Å². The van der Waals surface area contributed by atoms with Crippen LogP contribution in [0.5, 0.6) is 5.75 Å². The highest BCUT2D eigenvalue weighted by molar-refractivity contribution is 6.06. The van der Waals surface area contributed by atoms with E-state index >= 15 is 4.39 Å². The molecule has 3 aromatic rings. The lowest BCUT2D eigenvalue weighted by Crippen LogP contribution is -2.29. The minimum Gasteiger partial charge on any atom is -0.488 e. The molecule has 34 heavy (non-hydrogen) atoms. The Labute approximate surface area is 196 Å². The summed E-state index contributed by atoms with van der Waals surface area (Å²) in [7, 11) is 3.80. The van der Waals surface area contributed by atoms with Gasteiger partial charge < -0.3 is 15.0 Å². The molecule has 0 bridgehead atoms. The molecule has 3 heterocycles. The van der Waals surface area contributed by atoms with Crippen LogP contribution in [0.4, 0.5) is 10.2 Å². The van der Waals surface area contributed by atoms with Crippen LogP contribution >= 0.6 is 0 Å². The highest BCUT2D eigenvalue weighted by Crippen LogP contribution is 2.28. The monoisotopic (exact) mass is 469 g/mol. The molecule has 1 atom stereocenters. The van der Waals surface area contributed by atoms with Crippen molar-refractivity contribution in [3.63, 3.8) is 0 Å². The Morgan fingerprint density at radius 1 is 1.32 bits per heavy atom. The summed E-state index contributed by atoms with van der Waals surface area (Å²) in [5.41, 5.74) is 0.215. The van der Waals surface area contributed by atoms with Gasteiger partial charge in [0.25, 0.3) is 5.91 Å². The zero-order valence-electron chi connectivity index (χ0n) is 19.7. The van der Waals surface area contributed by atoms with Crippen LogP contribution in [-0.2, 0) is 13.0 Å².